The van der Waals surface area contributed by atoms with Gasteiger partial charge < -0.3 is 28.6 Å². The Bertz CT molecular complexity index is 960. The second-order valence-corrected chi connectivity index (χ2v) is 11.1. The van der Waals surface area contributed by atoms with Gasteiger partial charge in [-0.05, 0) is 77.9 Å². The minimum Gasteiger partial charge on any atom is -0.492 e. The standard InChI is InChI=1S/C30H43NO5/c1-21(2)8-15-26-29(4,36-26)28-27(32-7)25(16-17-30(28)20-34-30)35-22(3)9-10-23-11-13-24(14-12-23)33-19-18-31(5)6/h8-14,25-28H,3,15-20H2,1-2,4-7H3/b10-9+/t25-,26-,27-,28-,29+,30?/m1/s1. The SMILES string of the molecule is C=C(/C=C/c1ccc(OCCN(C)C)cc1)O[C@@H]1CCC2(CO2)[C@@H]([C@@]2(C)O[C@@H]2CC=C(C)C)[C@@H]1OC. The fourth-order valence-corrected chi connectivity index (χ4v) is 5.51. The second-order valence-electron chi connectivity index (χ2n) is 11.1. The Hall–Kier alpha value is -2.12. The average molecular weight is 498 g/mol. The van der Waals surface area contributed by atoms with Crippen LogP contribution in [-0.4, -0.2) is 75.4 Å². The van der Waals surface area contributed by atoms with E-state index in [2.05, 4.69) is 38.3 Å². The van der Waals surface area contributed by atoms with Gasteiger partial charge in [0.25, 0.3) is 0 Å². The lowest BCUT2D eigenvalue weighted by Crippen LogP contribution is -2.55. The predicted octanol–water partition coefficient (Wildman–Crippen LogP) is 5.25. The molecule has 0 amide bonds. The first-order valence-electron chi connectivity index (χ1n) is 13.1. The Morgan fingerprint density at radius 2 is 1.94 bits per heavy atom. The molecule has 3 aliphatic rings. The summed E-state index contributed by atoms with van der Waals surface area (Å²) in [7, 11) is 5.84. The lowest BCUT2D eigenvalue weighted by molar-refractivity contribution is -0.122. The number of rotatable bonds is 12. The van der Waals surface area contributed by atoms with Crippen LogP contribution in [0.3, 0.4) is 0 Å². The van der Waals surface area contributed by atoms with E-state index in [1.807, 2.05) is 50.5 Å². The maximum absolute atomic E-state index is 6.36. The van der Waals surface area contributed by atoms with E-state index in [1.54, 1.807) is 7.11 Å². The van der Waals surface area contributed by atoms with Crippen molar-refractivity contribution >= 4 is 6.08 Å². The molecule has 6 nitrogen and oxygen atoms in total. The van der Waals surface area contributed by atoms with Gasteiger partial charge in [-0.2, -0.15) is 0 Å². The average Bonchev–Trinajstić information content (AvgIpc) is 3.75. The van der Waals surface area contributed by atoms with Crippen LogP contribution in [0.4, 0.5) is 0 Å². The normalized spacial score (nSPS) is 33.1. The van der Waals surface area contributed by atoms with E-state index in [-0.39, 0.29) is 35.4 Å². The molecule has 1 spiro atoms. The molecule has 2 aliphatic heterocycles. The maximum Gasteiger partial charge on any atom is 0.125 e. The molecule has 0 bridgehead atoms. The Morgan fingerprint density at radius 3 is 2.56 bits per heavy atom. The van der Waals surface area contributed by atoms with E-state index >= 15 is 0 Å². The van der Waals surface area contributed by atoms with Gasteiger partial charge in [0.2, 0.25) is 0 Å². The van der Waals surface area contributed by atoms with Crippen molar-refractivity contribution in [3.63, 3.8) is 0 Å². The minimum absolute atomic E-state index is 0.0930. The van der Waals surface area contributed by atoms with Crippen molar-refractivity contribution in [1.29, 1.82) is 0 Å². The van der Waals surface area contributed by atoms with Crippen LogP contribution in [-0.2, 0) is 18.9 Å². The van der Waals surface area contributed by atoms with Crippen molar-refractivity contribution in [2.24, 2.45) is 5.92 Å². The van der Waals surface area contributed by atoms with Crippen LogP contribution in [0.2, 0.25) is 0 Å². The van der Waals surface area contributed by atoms with E-state index in [4.69, 9.17) is 23.7 Å². The molecular formula is C30H43NO5. The Morgan fingerprint density at radius 1 is 1.22 bits per heavy atom. The molecule has 0 N–H and O–H groups in total. The second kappa shape index (κ2) is 11.1. The largest absolute Gasteiger partial charge is 0.492 e. The lowest BCUT2D eigenvalue weighted by Gasteiger charge is -2.43. The zero-order valence-electron chi connectivity index (χ0n) is 22.8. The molecule has 2 heterocycles. The van der Waals surface area contributed by atoms with Crippen molar-refractivity contribution in [2.75, 3.05) is 41.0 Å². The maximum atomic E-state index is 6.36. The molecule has 2 saturated heterocycles. The first-order valence-corrected chi connectivity index (χ1v) is 13.1. The number of likely N-dealkylation sites (N-methyl/N-ethyl adjacent to an activating group) is 1. The molecule has 0 aromatic heterocycles. The number of hydrogen-bond donors (Lipinski definition) is 0. The summed E-state index contributed by atoms with van der Waals surface area (Å²) in [4.78, 5) is 2.10. The predicted molar refractivity (Wildman–Crippen MR) is 143 cm³/mol. The number of benzene rings is 1. The highest BCUT2D eigenvalue weighted by Crippen LogP contribution is 2.59. The summed E-state index contributed by atoms with van der Waals surface area (Å²) in [6, 6.07) is 8.05. The summed E-state index contributed by atoms with van der Waals surface area (Å²) in [5.41, 5.74) is 1.96. The van der Waals surface area contributed by atoms with E-state index < -0.39 is 0 Å². The Kier molecular flexibility index (Phi) is 8.30. The molecule has 6 heteroatoms. The number of nitrogens with zero attached hydrogens (tertiary/aromatic N) is 1. The Balaban J connectivity index is 1.36. The van der Waals surface area contributed by atoms with Gasteiger partial charge in [-0.15, -0.1) is 0 Å². The van der Waals surface area contributed by atoms with Crippen LogP contribution in [0.5, 0.6) is 5.75 Å². The first-order chi connectivity index (χ1) is 17.2. The van der Waals surface area contributed by atoms with Gasteiger partial charge in [0, 0.05) is 13.7 Å². The summed E-state index contributed by atoms with van der Waals surface area (Å²) >= 11 is 0. The molecular weight excluding hydrogens is 454 g/mol. The molecule has 1 aromatic carbocycles. The zero-order valence-corrected chi connectivity index (χ0v) is 22.8. The number of allylic oxidation sites excluding steroid dienone is 2. The molecule has 1 unspecified atom stereocenters. The number of hydrogen-bond acceptors (Lipinski definition) is 6. The summed E-state index contributed by atoms with van der Waals surface area (Å²) in [6.07, 6.45) is 8.91. The van der Waals surface area contributed by atoms with E-state index in [0.717, 1.165) is 43.7 Å². The van der Waals surface area contributed by atoms with Crippen LogP contribution in [0.1, 0.15) is 45.6 Å². The van der Waals surface area contributed by atoms with Gasteiger partial charge in [-0.25, -0.2) is 0 Å². The van der Waals surface area contributed by atoms with Crippen molar-refractivity contribution in [1.82, 2.24) is 4.90 Å². The first kappa shape index (κ1) is 26.9. The lowest BCUT2D eigenvalue weighted by atomic mass is 9.68. The van der Waals surface area contributed by atoms with Crippen molar-refractivity contribution in [3.05, 3.63) is 59.9 Å². The smallest absolute Gasteiger partial charge is 0.125 e. The van der Waals surface area contributed by atoms with Gasteiger partial charge in [0.15, 0.2) is 0 Å². The van der Waals surface area contributed by atoms with E-state index in [9.17, 15) is 0 Å². The van der Waals surface area contributed by atoms with Gasteiger partial charge in [-0.1, -0.05) is 36.4 Å². The van der Waals surface area contributed by atoms with Gasteiger partial charge in [0.1, 0.15) is 41.5 Å². The molecule has 3 fully saturated rings. The molecule has 6 atom stereocenters. The summed E-state index contributed by atoms with van der Waals surface area (Å²) < 4.78 is 30.6. The molecule has 36 heavy (non-hydrogen) atoms. The monoisotopic (exact) mass is 497 g/mol. The van der Waals surface area contributed by atoms with Crippen LogP contribution in [0, 0.1) is 5.92 Å². The molecule has 198 valence electrons. The van der Waals surface area contributed by atoms with Crippen LogP contribution in [0.25, 0.3) is 6.08 Å². The van der Waals surface area contributed by atoms with Crippen molar-refractivity contribution < 1.29 is 23.7 Å². The third-order valence-electron chi connectivity index (χ3n) is 7.69. The van der Waals surface area contributed by atoms with E-state index in [1.165, 1.54) is 5.57 Å². The van der Waals surface area contributed by atoms with Crippen molar-refractivity contribution in [2.45, 2.75) is 69.5 Å². The van der Waals surface area contributed by atoms with Gasteiger partial charge in [-0.3, -0.25) is 0 Å². The zero-order chi connectivity index (χ0) is 25.9. The Labute approximate surface area is 216 Å². The molecule has 1 aromatic rings. The van der Waals surface area contributed by atoms with Crippen LogP contribution in [0.15, 0.2) is 54.3 Å². The third-order valence-corrected chi connectivity index (χ3v) is 7.69. The van der Waals surface area contributed by atoms with Crippen LogP contribution >= 0.6 is 0 Å². The summed E-state index contributed by atoms with van der Waals surface area (Å²) in [6.45, 7) is 13.0. The highest BCUT2D eigenvalue weighted by Gasteiger charge is 2.72. The molecule has 1 aliphatic carbocycles. The minimum atomic E-state index is -0.265. The number of methoxy groups -OCH3 is 1. The van der Waals surface area contributed by atoms with Crippen LogP contribution < -0.4 is 4.74 Å². The summed E-state index contributed by atoms with van der Waals surface area (Å²) in [5, 5.41) is 0. The van der Waals surface area contributed by atoms with E-state index in [0.29, 0.717) is 12.4 Å². The number of epoxide rings is 2. The fraction of sp³-hybridized carbons (Fsp3) is 0.600. The third kappa shape index (κ3) is 6.23. The topological polar surface area (TPSA) is 56.0 Å². The highest BCUT2D eigenvalue weighted by atomic mass is 16.6. The molecule has 4 rings (SSSR count). The number of ether oxygens (including phenoxy) is 5. The summed E-state index contributed by atoms with van der Waals surface area (Å²) in [5.74, 6) is 1.62. The molecule has 1 saturated carbocycles. The highest BCUT2D eigenvalue weighted by molar-refractivity contribution is 5.53. The van der Waals surface area contributed by atoms with Gasteiger partial charge >= 0.3 is 0 Å². The van der Waals surface area contributed by atoms with Crippen molar-refractivity contribution in [3.8, 4) is 5.75 Å². The molecule has 0 radical (unpaired) electrons. The van der Waals surface area contributed by atoms with Gasteiger partial charge in [0.05, 0.1) is 18.6 Å². The quantitative estimate of drug-likeness (QED) is 0.170. The fourth-order valence-electron chi connectivity index (χ4n) is 5.51.